The van der Waals surface area contributed by atoms with Crippen molar-refractivity contribution >= 4 is 27.3 Å². The molecule has 0 saturated heterocycles. The Labute approximate surface area is 132 Å². The van der Waals surface area contributed by atoms with Gasteiger partial charge >= 0.3 is 0 Å². The van der Waals surface area contributed by atoms with Crippen molar-refractivity contribution in [3.05, 3.63) is 60.2 Å². The van der Waals surface area contributed by atoms with E-state index in [1.807, 2.05) is 0 Å². The van der Waals surface area contributed by atoms with Crippen molar-refractivity contribution in [2.75, 3.05) is 22.4 Å². The molecule has 0 aliphatic heterocycles. The molecule has 23 heavy (non-hydrogen) atoms. The lowest BCUT2D eigenvalue weighted by molar-refractivity contribution is -0.114. The second kappa shape index (κ2) is 6.74. The standard InChI is InChI=1S/C15H14F2N2O3S/c1-23(21,22)19(15-12(16)8-5-9-13(15)17)10-14(20)18-11-6-3-2-4-7-11/h2-9H,10H2,1H3,(H,18,20). The Hall–Kier alpha value is -2.48. The molecule has 0 saturated carbocycles. The van der Waals surface area contributed by atoms with Gasteiger partial charge in [0.2, 0.25) is 15.9 Å². The summed E-state index contributed by atoms with van der Waals surface area (Å²) in [5, 5.41) is 2.46. The molecular formula is C15H14F2N2O3S. The summed E-state index contributed by atoms with van der Waals surface area (Å²) < 4.78 is 51.7. The van der Waals surface area contributed by atoms with E-state index in [4.69, 9.17) is 0 Å². The zero-order valence-corrected chi connectivity index (χ0v) is 13.0. The maximum atomic E-state index is 13.8. The summed E-state index contributed by atoms with van der Waals surface area (Å²) in [7, 11) is -4.06. The average molecular weight is 340 g/mol. The van der Waals surface area contributed by atoms with Crippen LogP contribution in [0.3, 0.4) is 0 Å². The first-order chi connectivity index (χ1) is 10.8. The number of sulfonamides is 1. The zero-order valence-electron chi connectivity index (χ0n) is 12.2. The molecule has 0 aromatic heterocycles. The van der Waals surface area contributed by atoms with Gasteiger partial charge in [0.25, 0.3) is 0 Å². The van der Waals surface area contributed by atoms with Crippen LogP contribution in [0.2, 0.25) is 0 Å². The summed E-state index contributed by atoms with van der Waals surface area (Å²) in [5.74, 6) is -2.85. The molecule has 2 aromatic carbocycles. The fourth-order valence-electron chi connectivity index (χ4n) is 1.94. The molecule has 0 fully saturated rings. The van der Waals surface area contributed by atoms with Crippen molar-refractivity contribution < 1.29 is 22.0 Å². The van der Waals surface area contributed by atoms with E-state index in [9.17, 15) is 22.0 Å². The van der Waals surface area contributed by atoms with Crippen LogP contribution in [0.15, 0.2) is 48.5 Å². The molecule has 0 unspecified atom stereocenters. The van der Waals surface area contributed by atoms with Crippen LogP contribution in [0, 0.1) is 11.6 Å². The number of carbonyl (C=O) groups is 1. The van der Waals surface area contributed by atoms with Gasteiger partial charge in [-0.05, 0) is 24.3 Å². The third-order valence-corrected chi connectivity index (χ3v) is 4.04. The molecule has 0 bridgehead atoms. The van der Waals surface area contributed by atoms with E-state index < -0.39 is 39.8 Å². The van der Waals surface area contributed by atoms with Gasteiger partial charge in [0.15, 0.2) is 11.6 Å². The minimum Gasteiger partial charge on any atom is -0.325 e. The van der Waals surface area contributed by atoms with Crippen LogP contribution in [-0.4, -0.2) is 27.1 Å². The molecule has 0 spiro atoms. The van der Waals surface area contributed by atoms with Gasteiger partial charge in [-0.2, -0.15) is 0 Å². The Morgan fingerprint density at radius 2 is 1.61 bits per heavy atom. The van der Waals surface area contributed by atoms with Crippen LogP contribution in [0.5, 0.6) is 0 Å². The summed E-state index contributed by atoms with van der Waals surface area (Å²) >= 11 is 0. The fourth-order valence-corrected chi connectivity index (χ4v) is 2.80. The van der Waals surface area contributed by atoms with Gasteiger partial charge in [-0.25, -0.2) is 17.2 Å². The summed E-state index contributed by atoms with van der Waals surface area (Å²) in [6.45, 7) is -0.744. The van der Waals surface area contributed by atoms with Crippen LogP contribution in [0.4, 0.5) is 20.2 Å². The quantitative estimate of drug-likeness (QED) is 0.909. The molecule has 5 nitrogen and oxygen atoms in total. The number of benzene rings is 2. The maximum absolute atomic E-state index is 13.8. The zero-order chi connectivity index (χ0) is 17.0. The molecule has 2 rings (SSSR count). The number of rotatable bonds is 5. The van der Waals surface area contributed by atoms with Gasteiger partial charge in [-0.1, -0.05) is 24.3 Å². The molecule has 0 aliphatic carbocycles. The molecule has 0 heterocycles. The largest absolute Gasteiger partial charge is 0.325 e. The first kappa shape index (κ1) is 16.9. The van der Waals surface area contributed by atoms with Crippen molar-refractivity contribution in [1.82, 2.24) is 0 Å². The minimum absolute atomic E-state index is 0.399. The van der Waals surface area contributed by atoms with Crippen molar-refractivity contribution in [2.45, 2.75) is 0 Å². The summed E-state index contributed by atoms with van der Waals surface area (Å²) in [5.41, 5.74) is -0.335. The highest BCUT2D eigenvalue weighted by Crippen LogP contribution is 2.25. The number of amides is 1. The van der Waals surface area contributed by atoms with Crippen molar-refractivity contribution in [1.29, 1.82) is 0 Å². The molecule has 8 heteroatoms. The lowest BCUT2D eigenvalue weighted by Gasteiger charge is -2.22. The van der Waals surface area contributed by atoms with E-state index in [1.54, 1.807) is 30.3 Å². The second-order valence-corrected chi connectivity index (χ2v) is 6.66. The molecule has 0 radical (unpaired) electrons. The Morgan fingerprint density at radius 3 is 2.13 bits per heavy atom. The highest BCUT2D eigenvalue weighted by molar-refractivity contribution is 7.92. The third-order valence-electron chi connectivity index (χ3n) is 2.93. The number of para-hydroxylation sites is 2. The molecule has 0 aliphatic rings. The van der Waals surface area contributed by atoms with Crippen molar-refractivity contribution in [2.24, 2.45) is 0 Å². The number of anilines is 2. The Balaban J connectivity index is 2.29. The molecule has 0 atom stereocenters. The van der Waals surface area contributed by atoms with Gasteiger partial charge in [-0.3, -0.25) is 9.10 Å². The maximum Gasteiger partial charge on any atom is 0.245 e. The Morgan fingerprint density at radius 1 is 1.04 bits per heavy atom. The number of hydrogen-bond donors (Lipinski definition) is 1. The van der Waals surface area contributed by atoms with Crippen LogP contribution >= 0.6 is 0 Å². The molecule has 2 aromatic rings. The molecule has 122 valence electrons. The molecular weight excluding hydrogens is 326 g/mol. The van der Waals surface area contributed by atoms with E-state index in [2.05, 4.69) is 5.32 Å². The first-order valence-corrected chi connectivity index (χ1v) is 8.40. The summed E-state index contributed by atoms with van der Waals surface area (Å²) in [6.07, 6.45) is 0.772. The van der Waals surface area contributed by atoms with Crippen molar-refractivity contribution in [3.8, 4) is 0 Å². The van der Waals surface area contributed by atoms with Crippen molar-refractivity contribution in [3.63, 3.8) is 0 Å². The predicted molar refractivity (Wildman–Crippen MR) is 83.6 cm³/mol. The molecule has 1 amide bonds. The third kappa shape index (κ3) is 4.26. The smallest absolute Gasteiger partial charge is 0.245 e. The lowest BCUT2D eigenvalue weighted by atomic mass is 10.3. The average Bonchev–Trinajstić information content (AvgIpc) is 2.46. The van der Waals surface area contributed by atoms with Crippen LogP contribution in [0.1, 0.15) is 0 Å². The topological polar surface area (TPSA) is 66.5 Å². The van der Waals surface area contributed by atoms with Crippen LogP contribution in [-0.2, 0) is 14.8 Å². The van der Waals surface area contributed by atoms with E-state index in [-0.39, 0.29) is 0 Å². The van der Waals surface area contributed by atoms with Gasteiger partial charge in [0, 0.05) is 5.69 Å². The SMILES string of the molecule is CS(=O)(=O)N(CC(=O)Nc1ccccc1)c1c(F)cccc1F. The summed E-state index contributed by atoms with van der Waals surface area (Å²) in [6, 6.07) is 11.3. The van der Waals surface area contributed by atoms with E-state index >= 15 is 0 Å². The number of halogens is 2. The monoisotopic (exact) mass is 340 g/mol. The Bertz CT molecular complexity index is 790. The van der Waals surface area contributed by atoms with E-state index in [0.29, 0.717) is 9.99 Å². The number of nitrogens with one attached hydrogen (secondary N) is 1. The fraction of sp³-hybridized carbons (Fsp3) is 0.133. The second-order valence-electron chi connectivity index (χ2n) is 4.75. The van der Waals surface area contributed by atoms with Gasteiger partial charge in [0.1, 0.15) is 12.2 Å². The van der Waals surface area contributed by atoms with E-state index in [1.165, 1.54) is 0 Å². The number of nitrogens with zero attached hydrogens (tertiary/aromatic N) is 1. The Kier molecular flexibility index (Phi) is 4.95. The highest BCUT2D eigenvalue weighted by atomic mass is 32.2. The normalized spacial score (nSPS) is 11.1. The first-order valence-electron chi connectivity index (χ1n) is 6.55. The van der Waals surface area contributed by atoms with E-state index in [0.717, 1.165) is 24.5 Å². The predicted octanol–water partition coefficient (Wildman–Crippen LogP) is 2.37. The number of hydrogen-bond acceptors (Lipinski definition) is 3. The highest BCUT2D eigenvalue weighted by Gasteiger charge is 2.26. The van der Waals surface area contributed by atoms with Crippen LogP contribution in [0.25, 0.3) is 0 Å². The van der Waals surface area contributed by atoms with Crippen LogP contribution < -0.4 is 9.62 Å². The summed E-state index contributed by atoms with van der Waals surface area (Å²) in [4.78, 5) is 12.0. The van der Waals surface area contributed by atoms with Gasteiger partial charge < -0.3 is 5.32 Å². The minimum atomic E-state index is -4.06. The molecule has 1 N–H and O–H groups in total. The number of carbonyl (C=O) groups excluding carboxylic acids is 1. The lowest BCUT2D eigenvalue weighted by Crippen LogP contribution is -2.38. The van der Waals surface area contributed by atoms with Gasteiger partial charge in [0.05, 0.1) is 6.26 Å². The van der Waals surface area contributed by atoms with Gasteiger partial charge in [-0.15, -0.1) is 0 Å².